The van der Waals surface area contributed by atoms with E-state index in [-0.39, 0.29) is 0 Å². The third kappa shape index (κ3) is 1.91. The van der Waals surface area contributed by atoms with Gasteiger partial charge < -0.3 is 0 Å². The molecule has 0 saturated carbocycles. The summed E-state index contributed by atoms with van der Waals surface area (Å²) >= 11 is 3.96. The quantitative estimate of drug-likeness (QED) is 0.334. The van der Waals surface area contributed by atoms with Gasteiger partial charge in [0.05, 0.1) is 15.9 Å². The second-order valence-corrected chi connectivity index (χ2v) is 6.50. The van der Waals surface area contributed by atoms with Crippen molar-refractivity contribution in [2.75, 3.05) is 0 Å². The lowest BCUT2D eigenvalue weighted by molar-refractivity contribution is 1.17. The number of nitrogens with zero attached hydrogens (tertiary/aromatic N) is 2. The van der Waals surface area contributed by atoms with Crippen LogP contribution in [0.2, 0.25) is 0 Å². The van der Waals surface area contributed by atoms with Crippen LogP contribution in [0, 0.1) is 3.83 Å². The van der Waals surface area contributed by atoms with Crippen LogP contribution >= 0.6 is 33.9 Å². The lowest BCUT2D eigenvalue weighted by Gasteiger charge is -2.02. The lowest BCUT2D eigenvalue weighted by Crippen LogP contribution is -1.91. The molecule has 4 heteroatoms. The van der Waals surface area contributed by atoms with Crippen LogP contribution in [0.5, 0.6) is 0 Å². The van der Waals surface area contributed by atoms with Gasteiger partial charge in [-0.25, -0.2) is 9.97 Å². The molecule has 4 aromatic rings. The van der Waals surface area contributed by atoms with Crippen LogP contribution in [0.15, 0.2) is 54.6 Å². The van der Waals surface area contributed by atoms with Gasteiger partial charge in [-0.15, -0.1) is 11.3 Å². The topological polar surface area (TPSA) is 25.8 Å². The predicted octanol–water partition coefficient (Wildman–Crippen LogP) is 5.12. The maximum absolute atomic E-state index is 4.65. The number of halogens is 1. The number of fused-ring (bicyclic) bond motifs is 3. The summed E-state index contributed by atoms with van der Waals surface area (Å²) in [6.07, 6.45) is 0. The fraction of sp³-hybridized carbons (Fsp3) is 0. The molecule has 2 nitrogen and oxygen atoms in total. The largest absolute Gasteiger partial charge is 0.221 e. The summed E-state index contributed by atoms with van der Waals surface area (Å²) in [5.74, 6) is 0. The third-order valence-electron chi connectivity index (χ3n) is 3.24. The highest BCUT2D eigenvalue weighted by molar-refractivity contribution is 14.1. The molecule has 0 atom stereocenters. The Morgan fingerprint density at radius 3 is 2.45 bits per heavy atom. The van der Waals surface area contributed by atoms with Crippen LogP contribution in [0.3, 0.4) is 0 Å². The van der Waals surface area contributed by atoms with Gasteiger partial charge in [0.25, 0.3) is 0 Å². The molecule has 0 spiro atoms. The van der Waals surface area contributed by atoms with Crippen LogP contribution in [-0.2, 0) is 0 Å². The minimum atomic E-state index is 0.789. The molecular weight excluding hydrogens is 379 g/mol. The zero-order valence-electron chi connectivity index (χ0n) is 10.4. The average Bonchev–Trinajstić information content (AvgIpc) is 2.86. The molecule has 0 saturated heterocycles. The van der Waals surface area contributed by atoms with Crippen molar-refractivity contribution in [1.82, 2.24) is 9.97 Å². The Labute approximate surface area is 133 Å². The minimum absolute atomic E-state index is 0.789. The van der Waals surface area contributed by atoms with Crippen LogP contribution < -0.4 is 0 Å². The zero-order valence-corrected chi connectivity index (χ0v) is 13.4. The number of hydrogen-bond donors (Lipinski definition) is 0. The second kappa shape index (κ2) is 4.79. The van der Waals surface area contributed by atoms with Gasteiger partial charge in [-0.1, -0.05) is 48.5 Å². The number of thiophene rings is 1. The molecular formula is C16H9IN2S. The maximum atomic E-state index is 4.65. The van der Waals surface area contributed by atoms with E-state index in [1.54, 1.807) is 11.3 Å². The first-order valence-electron chi connectivity index (χ1n) is 6.23. The third-order valence-corrected chi connectivity index (χ3v) is 4.89. The summed E-state index contributed by atoms with van der Waals surface area (Å²) in [5, 5.41) is 1.21. The molecule has 96 valence electrons. The number of rotatable bonds is 1. The van der Waals surface area contributed by atoms with Gasteiger partial charge in [0.2, 0.25) is 0 Å². The highest BCUT2D eigenvalue weighted by atomic mass is 127. The van der Waals surface area contributed by atoms with Gasteiger partial charge in [0.15, 0.2) is 3.83 Å². The highest BCUT2D eigenvalue weighted by Crippen LogP contribution is 2.37. The van der Waals surface area contributed by atoms with E-state index < -0.39 is 0 Å². The Bertz CT molecular complexity index is 916. The summed E-state index contributed by atoms with van der Waals surface area (Å²) in [4.78, 5) is 9.29. The molecule has 4 rings (SSSR count). The Morgan fingerprint density at radius 2 is 1.60 bits per heavy atom. The van der Waals surface area contributed by atoms with Crippen molar-refractivity contribution < 1.29 is 0 Å². The van der Waals surface area contributed by atoms with Gasteiger partial charge in [-0.2, -0.15) is 0 Å². The molecule has 2 aromatic carbocycles. The maximum Gasteiger partial charge on any atom is 0.191 e. The monoisotopic (exact) mass is 388 g/mol. The fourth-order valence-corrected chi connectivity index (χ4v) is 3.99. The Balaban J connectivity index is 2.16. The van der Waals surface area contributed by atoms with Gasteiger partial charge >= 0.3 is 0 Å². The first kappa shape index (κ1) is 12.2. The van der Waals surface area contributed by atoms with E-state index in [9.17, 15) is 0 Å². The lowest BCUT2D eigenvalue weighted by atomic mass is 10.1. The van der Waals surface area contributed by atoms with Crippen LogP contribution in [-0.4, -0.2) is 9.97 Å². The van der Waals surface area contributed by atoms with E-state index in [0.29, 0.717) is 0 Å². The molecule has 0 bridgehead atoms. The van der Waals surface area contributed by atoms with Crippen molar-refractivity contribution in [2.24, 2.45) is 0 Å². The number of hydrogen-bond acceptors (Lipinski definition) is 3. The van der Waals surface area contributed by atoms with Gasteiger partial charge in [0, 0.05) is 38.2 Å². The summed E-state index contributed by atoms with van der Waals surface area (Å²) in [5.41, 5.74) is 3.23. The van der Waals surface area contributed by atoms with E-state index in [1.807, 2.05) is 18.2 Å². The molecule has 0 radical (unpaired) electrons. The molecule has 0 aliphatic rings. The molecule has 2 heterocycles. The average molecular weight is 388 g/mol. The van der Waals surface area contributed by atoms with Crippen LogP contribution in [0.4, 0.5) is 0 Å². The van der Waals surface area contributed by atoms with Gasteiger partial charge in [0.1, 0.15) is 0 Å². The summed E-state index contributed by atoms with van der Waals surface area (Å²) in [6.45, 7) is 0. The van der Waals surface area contributed by atoms with Crippen molar-refractivity contribution in [3.63, 3.8) is 0 Å². The standard InChI is InChI=1S/C16H9IN2S/c17-16-18-13(10-6-2-1-3-7-10)15-14(19-16)11-8-4-5-9-12(11)20-15/h1-9H. The zero-order chi connectivity index (χ0) is 13.5. The van der Waals surface area contributed by atoms with Crippen LogP contribution in [0.25, 0.3) is 31.6 Å². The molecule has 0 aliphatic carbocycles. The normalized spacial score (nSPS) is 11.2. The number of aromatic nitrogens is 2. The number of benzene rings is 2. The predicted molar refractivity (Wildman–Crippen MR) is 93.1 cm³/mol. The van der Waals surface area contributed by atoms with Crippen LogP contribution in [0.1, 0.15) is 0 Å². The van der Waals surface area contributed by atoms with Crippen molar-refractivity contribution in [3.8, 4) is 11.3 Å². The summed E-state index contributed by atoms with van der Waals surface area (Å²) in [6, 6.07) is 18.7. The Kier molecular flexibility index (Phi) is 2.93. The van der Waals surface area contributed by atoms with Gasteiger partial charge in [-0.05, 0) is 6.07 Å². The Hall–Kier alpha value is -1.53. The van der Waals surface area contributed by atoms with Crippen molar-refractivity contribution in [3.05, 3.63) is 58.4 Å². The van der Waals surface area contributed by atoms with Crippen molar-refractivity contribution in [1.29, 1.82) is 0 Å². The fourth-order valence-electron chi connectivity index (χ4n) is 2.36. The molecule has 0 aliphatic heterocycles. The van der Waals surface area contributed by atoms with Crippen molar-refractivity contribution >= 4 is 54.2 Å². The molecule has 0 amide bonds. The first-order chi connectivity index (χ1) is 9.83. The summed E-state index contributed by atoms with van der Waals surface area (Å²) < 4.78 is 3.21. The smallest absolute Gasteiger partial charge is 0.191 e. The minimum Gasteiger partial charge on any atom is -0.221 e. The Morgan fingerprint density at radius 1 is 0.850 bits per heavy atom. The van der Waals surface area contributed by atoms with E-state index >= 15 is 0 Å². The second-order valence-electron chi connectivity index (χ2n) is 4.48. The SMILES string of the molecule is Ic1nc(-c2ccccc2)c2sc3ccccc3c2n1. The van der Waals surface area contributed by atoms with E-state index in [1.165, 1.54) is 10.1 Å². The molecule has 0 N–H and O–H groups in total. The first-order valence-corrected chi connectivity index (χ1v) is 8.12. The molecule has 2 aromatic heterocycles. The summed E-state index contributed by atoms with van der Waals surface area (Å²) in [7, 11) is 0. The van der Waals surface area contributed by atoms with Crippen molar-refractivity contribution in [2.45, 2.75) is 0 Å². The van der Waals surface area contributed by atoms with Gasteiger partial charge in [-0.3, -0.25) is 0 Å². The molecule has 20 heavy (non-hydrogen) atoms. The van der Waals surface area contributed by atoms with E-state index in [0.717, 1.165) is 25.3 Å². The molecule has 0 unspecified atom stereocenters. The van der Waals surface area contributed by atoms with E-state index in [4.69, 9.17) is 0 Å². The highest BCUT2D eigenvalue weighted by Gasteiger charge is 2.13. The van der Waals surface area contributed by atoms with E-state index in [2.05, 4.69) is 69.0 Å². The molecule has 0 fully saturated rings.